The second kappa shape index (κ2) is 4.74. The summed E-state index contributed by atoms with van der Waals surface area (Å²) < 4.78 is 0. The smallest absolute Gasteiger partial charge is 0.256 e. The Morgan fingerprint density at radius 2 is 1.65 bits per heavy atom. The highest BCUT2D eigenvalue weighted by molar-refractivity contribution is 6.22. The average Bonchev–Trinajstić information content (AvgIpc) is 2.87. The van der Waals surface area contributed by atoms with Crippen LogP contribution in [-0.4, -0.2) is 34.7 Å². The molecule has 0 spiro atoms. The molecule has 3 amide bonds. The van der Waals surface area contributed by atoms with Gasteiger partial charge in [-0.15, -0.1) is 0 Å². The van der Waals surface area contributed by atoms with Gasteiger partial charge in [0.1, 0.15) is 12.1 Å². The average molecular weight is 272 g/mol. The summed E-state index contributed by atoms with van der Waals surface area (Å²) in [5.41, 5.74) is 0.586. The van der Waals surface area contributed by atoms with Crippen molar-refractivity contribution in [1.29, 1.82) is 0 Å². The van der Waals surface area contributed by atoms with Gasteiger partial charge in [-0.2, -0.15) is 0 Å². The number of rotatable bonds is 2. The number of benzene rings is 1. The van der Waals surface area contributed by atoms with Crippen LogP contribution in [0.4, 0.5) is 5.69 Å². The van der Waals surface area contributed by atoms with E-state index in [1.165, 1.54) is 9.80 Å². The zero-order chi connectivity index (χ0) is 14.3. The third-order valence-electron chi connectivity index (χ3n) is 4.00. The van der Waals surface area contributed by atoms with E-state index in [4.69, 9.17) is 0 Å². The van der Waals surface area contributed by atoms with Crippen molar-refractivity contribution in [3.8, 4) is 0 Å². The number of carbonyl (C=O) groups is 3. The molecule has 2 bridgehead atoms. The van der Waals surface area contributed by atoms with Gasteiger partial charge < -0.3 is 4.90 Å². The molecular formula is C15H16N2O3. The minimum absolute atomic E-state index is 0.119. The first kappa shape index (κ1) is 12.8. The number of para-hydroxylation sites is 1. The van der Waals surface area contributed by atoms with Crippen LogP contribution in [0.2, 0.25) is 0 Å². The standard InChI is InChI=1S/C15H16N2O3/c1-2-13(18)17-11-8-9-12(17)15(20)16(14(11)19)10-6-4-3-5-7-10/h3-7,11-12H,2,8-9H2,1H3. The summed E-state index contributed by atoms with van der Waals surface area (Å²) in [6.07, 6.45) is 1.47. The van der Waals surface area contributed by atoms with Crippen molar-refractivity contribution < 1.29 is 14.4 Å². The van der Waals surface area contributed by atoms with Gasteiger partial charge in [-0.05, 0) is 25.0 Å². The van der Waals surface area contributed by atoms with Gasteiger partial charge in [0.15, 0.2) is 0 Å². The highest BCUT2D eigenvalue weighted by atomic mass is 16.2. The summed E-state index contributed by atoms with van der Waals surface area (Å²) >= 11 is 0. The van der Waals surface area contributed by atoms with E-state index in [1.807, 2.05) is 6.07 Å². The highest BCUT2D eigenvalue weighted by Gasteiger charge is 2.52. The first-order valence-corrected chi connectivity index (χ1v) is 6.89. The maximum atomic E-state index is 12.5. The van der Waals surface area contributed by atoms with E-state index >= 15 is 0 Å². The lowest BCUT2D eigenvalue weighted by Crippen LogP contribution is -2.62. The van der Waals surface area contributed by atoms with Gasteiger partial charge in [-0.25, -0.2) is 4.90 Å². The summed E-state index contributed by atoms with van der Waals surface area (Å²) in [7, 11) is 0. The molecule has 2 unspecified atom stereocenters. The molecule has 2 atom stereocenters. The Kier molecular flexibility index (Phi) is 3.04. The normalized spacial score (nSPS) is 25.2. The van der Waals surface area contributed by atoms with Gasteiger partial charge in [-0.1, -0.05) is 25.1 Å². The SMILES string of the molecule is CCC(=O)N1C2CCC1C(=O)N(c1ccccc1)C2=O. The molecule has 2 saturated heterocycles. The lowest BCUT2D eigenvalue weighted by molar-refractivity contribution is -0.148. The summed E-state index contributed by atoms with van der Waals surface area (Å²) in [6.45, 7) is 1.75. The van der Waals surface area contributed by atoms with E-state index < -0.39 is 12.1 Å². The quantitative estimate of drug-likeness (QED) is 0.763. The lowest BCUT2D eigenvalue weighted by Gasteiger charge is -2.38. The molecule has 0 N–H and O–H groups in total. The molecule has 2 aliphatic heterocycles. The van der Waals surface area contributed by atoms with Crippen LogP contribution in [-0.2, 0) is 14.4 Å². The monoisotopic (exact) mass is 272 g/mol. The second-order valence-electron chi connectivity index (χ2n) is 5.11. The van der Waals surface area contributed by atoms with Crippen LogP contribution in [0.1, 0.15) is 26.2 Å². The number of fused-ring (bicyclic) bond motifs is 2. The molecule has 0 aliphatic carbocycles. The number of nitrogens with zero attached hydrogens (tertiary/aromatic N) is 2. The summed E-state index contributed by atoms with van der Waals surface area (Å²) in [5.74, 6) is -0.680. The maximum absolute atomic E-state index is 12.5. The van der Waals surface area contributed by atoms with Gasteiger partial charge in [0.25, 0.3) is 11.8 Å². The van der Waals surface area contributed by atoms with Crippen LogP contribution in [0.5, 0.6) is 0 Å². The molecule has 0 aromatic heterocycles. The van der Waals surface area contributed by atoms with E-state index in [-0.39, 0.29) is 17.7 Å². The van der Waals surface area contributed by atoms with Crippen LogP contribution in [0, 0.1) is 0 Å². The van der Waals surface area contributed by atoms with E-state index in [1.54, 1.807) is 31.2 Å². The molecule has 2 aliphatic rings. The molecule has 5 heteroatoms. The third kappa shape index (κ3) is 1.73. The first-order valence-electron chi connectivity index (χ1n) is 6.89. The Balaban J connectivity index is 1.98. The molecule has 1 aromatic carbocycles. The summed E-state index contributed by atoms with van der Waals surface area (Å²) in [5, 5.41) is 0. The molecule has 0 saturated carbocycles. The van der Waals surface area contributed by atoms with Crippen molar-refractivity contribution in [3.05, 3.63) is 30.3 Å². The second-order valence-corrected chi connectivity index (χ2v) is 5.11. The van der Waals surface area contributed by atoms with Crippen molar-refractivity contribution in [2.24, 2.45) is 0 Å². The number of hydrogen-bond donors (Lipinski definition) is 0. The van der Waals surface area contributed by atoms with Crippen molar-refractivity contribution in [3.63, 3.8) is 0 Å². The van der Waals surface area contributed by atoms with E-state index in [0.717, 1.165) is 0 Å². The fourth-order valence-electron chi connectivity index (χ4n) is 3.06. The molecule has 0 radical (unpaired) electrons. The maximum Gasteiger partial charge on any atom is 0.256 e. The van der Waals surface area contributed by atoms with Crippen LogP contribution in [0.3, 0.4) is 0 Å². The van der Waals surface area contributed by atoms with Crippen LogP contribution in [0.25, 0.3) is 0 Å². The molecule has 104 valence electrons. The molecular weight excluding hydrogens is 256 g/mol. The van der Waals surface area contributed by atoms with Gasteiger partial charge >= 0.3 is 0 Å². The number of piperazine rings is 1. The molecule has 1 aromatic rings. The minimum atomic E-state index is -0.481. The van der Waals surface area contributed by atoms with Gasteiger partial charge in [0, 0.05) is 6.42 Å². The van der Waals surface area contributed by atoms with Gasteiger partial charge in [0.05, 0.1) is 5.69 Å². The topological polar surface area (TPSA) is 57.7 Å². The predicted octanol–water partition coefficient (Wildman–Crippen LogP) is 1.33. The van der Waals surface area contributed by atoms with Gasteiger partial charge in [-0.3, -0.25) is 14.4 Å². The number of amides is 3. The fourth-order valence-corrected chi connectivity index (χ4v) is 3.06. The Hall–Kier alpha value is -2.17. The summed E-state index contributed by atoms with van der Waals surface area (Å²) in [4.78, 5) is 39.8. The zero-order valence-electron chi connectivity index (χ0n) is 11.3. The van der Waals surface area contributed by atoms with Crippen LogP contribution < -0.4 is 4.90 Å². The van der Waals surface area contributed by atoms with E-state index in [2.05, 4.69) is 0 Å². The van der Waals surface area contributed by atoms with Crippen molar-refractivity contribution in [2.75, 3.05) is 4.90 Å². The fraction of sp³-hybridized carbons (Fsp3) is 0.400. The zero-order valence-corrected chi connectivity index (χ0v) is 11.3. The first-order chi connectivity index (χ1) is 9.65. The third-order valence-corrected chi connectivity index (χ3v) is 4.00. The minimum Gasteiger partial charge on any atom is -0.319 e. The van der Waals surface area contributed by atoms with Crippen LogP contribution in [0.15, 0.2) is 30.3 Å². The summed E-state index contributed by atoms with van der Waals surface area (Å²) in [6, 6.07) is 7.95. The number of anilines is 1. The Morgan fingerprint density at radius 1 is 1.10 bits per heavy atom. The molecule has 20 heavy (non-hydrogen) atoms. The molecule has 5 nitrogen and oxygen atoms in total. The highest BCUT2D eigenvalue weighted by Crippen LogP contribution is 2.34. The Bertz CT molecular complexity index is 546. The molecule has 2 fully saturated rings. The number of carbonyl (C=O) groups excluding carboxylic acids is 3. The predicted molar refractivity (Wildman–Crippen MR) is 72.9 cm³/mol. The van der Waals surface area contributed by atoms with Crippen molar-refractivity contribution >= 4 is 23.4 Å². The van der Waals surface area contributed by atoms with Crippen molar-refractivity contribution in [1.82, 2.24) is 4.90 Å². The Labute approximate surface area is 117 Å². The van der Waals surface area contributed by atoms with Gasteiger partial charge in [0.2, 0.25) is 5.91 Å². The van der Waals surface area contributed by atoms with E-state index in [9.17, 15) is 14.4 Å². The molecule has 3 rings (SSSR count). The Morgan fingerprint density at radius 3 is 2.15 bits per heavy atom. The lowest BCUT2D eigenvalue weighted by atomic mass is 10.1. The van der Waals surface area contributed by atoms with Crippen LogP contribution >= 0.6 is 0 Å². The molecule has 2 heterocycles. The largest absolute Gasteiger partial charge is 0.319 e. The number of hydrogen-bond acceptors (Lipinski definition) is 3. The van der Waals surface area contributed by atoms with Crippen molar-refractivity contribution in [2.45, 2.75) is 38.3 Å². The number of imide groups is 1. The van der Waals surface area contributed by atoms with E-state index in [0.29, 0.717) is 24.9 Å².